The first-order chi connectivity index (χ1) is 9.91. The Morgan fingerprint density at radius 2 is 1.86 bits per heavy atom. The molecule has 0 saturated carbocycles. The summed E-state index contributed by atoms with van der Waals surface area (Å²) in [5, 5.41) is 0. The van der Waals surface area contributed by atoms with Crippen molar-refractivity contribution in [1.82, 2.24) is 9.21 Å². The molecule has 122 valence electrons. The second-order valence-electron chi connectivity index (χ2n) is 6.50. The Morgan fingerprint density at radius 1 is 1.19 bits per heavy atom. The van der Waals surface area contributed by atoms with E-state index in [0.29, 0.717) is 19.5 Å². The van der Waals surface area contributed by atoms with Gasteiger partial charge in [0.25, 0.3) is 0 Å². The van der Waals surface area contributed by atoms with E-state index in [0.717, 1.165) is 32.5 Å². The van der Waals surface area contributed by atoms with Crippen molar-refractivity contribution in [2.75, 3.05) is 39.0 Å². The standard InChI is InChI=1S/C15H28N2O3S/c1-3-6-13-11-17(21(2,19)20)12-14(13)15(18)7-10-16-8-4-5-9-16/h13-14H,3-12H2,1-2H3/t13-,14?/m0/s1. The van der Waals surface area contributed by atoms with E-state index in [1.807, 2.05) is 0 Å². The fourth-order valence-corrected chi connectivity index (χ4v) is 4.48. The van der Waals surface area contributed by atoms with Crippen molar-refractivity contribution in [2.45, 2.75) is 39.0 Å². The van der Waals surface area contributed by atoms with Gasteiger partial charge in [-0.3, -0.25) is 4.79 Å². The maximum absolute atomic E-state index is 12.5. The molecule has 0 aromatic carbocycles. The van der Waals surface area contributed by atoms with Crippen molar-refractivity contribution in [3.8, 4) is 0 Å². The van der Waals surface area contributed by atoms with Crippen LogP contribution in [0.3, 0.4) is 0 Å². The van der Waals surface area contributed by atoms with Gasteiger partial charge in [0.1, 0.15) is 5.78 Å². The minimum absolute atomic E-state index is 0.0951. The Kier molecular flexibility index (Phi) is 5.80. The van der Waals surface area contributed by atoms with Crippen LogP contribution in [-0.4, -0.2) is 62.4 Å². The van der Waals surface area contributed by atoms with Gasteiger partial charge < -0.3 is 4.90 Å². The highest BCUT2D eigenvalue weighted by Crippen LogP contribution is 2.30. The number of carbonyl (C=O) groups is 1. The largest absolute Gasteiger partial charge is 0.303 e. The lowest BCUT2D eigenvalue weighted by atomic mass is 9.87. The van der Waals surface area contributed by atoms with Crippen molar-refractivity contribution in [3.05, 3.63) is 0 Å². The molecule has 0 amide bonds. The summed E-state index contributed by atoms with van der Waals surface area (Å²) >= 11 is 0. The Hall–Kier alpha value is -0.460. The summed E-state index contributed by atoms with van der Waals surface area (Å²) in [6.45, 7) is 6.05. The highest BCUT2D eigenvalue weighted by atomic mass is 32.2. The minimum atomic E-state index is -3.18. The molecule has 2 fully saturated rings. The van der Waals surface area contributed by atoms with Gasteiger partial charge in [-0.25, -0.2) is 12.7 Å². The molecule has 5 nitrogen and oxygen atoms in total. The highest BCUT2D eigenvalue weighted by Gasteiger charge is 2.39. The predicted octanol–water partition coefficient (Wildman–Crippen LogP) is 1.35. The fourth-order valence-electron chi connectivity index (χ4n) is 3.59. The maximum Gasteiger partial charge on any atom is 0.211 e. The number of likely N-dealkylation sites (tertiary alicyclic amines) is 1. The molecule has 0 aromatic rings. The molecule has 6 heteroatoms. The summed E-state index contributed by atoms with van der Waals surface area (Å²) in [5.41, 5.74) is 0. The summed E-state index contributed by atoms with van der Waals surface area (Å²) in [5.74, 6) is 0.365. The SMILES string of the molecule is CCC[C@H]1CN(S(C)(=O)=O)CC1C(=O)CCN1CCCC1. The summed E-state index contributed by atoms with van der Waals surface area (Å²) in [4.78, 5) is 14.9. The third-order valence-corrected chi connectivity index (χ3v) is 6.06. The normalized spacial score (nSPS) is 28.3. The molecular weight excluding hydrogens is 288 g/mol. The van der Waals surface area contributed by atoms with Gasteiger partial charge in [-0.05, 0) is 38.3 Å². The van der Waals surface area contributed by atoms with Gasteiger partial charge in [-0.1, -0.05) is 13.3 Å². The van der Waals surface area contributed by atoms with Gasteiger partial charge in [-0.15, -0.1) is 0 Å². The molecule has 2 atom stereocenters. The predicted molar refractivity (Wildman–Crippen MR) is 83.6 cm³/mol. The fraction of sp³-hybridized carbons (Fsp3) is 0.933. The Morgan fingerprint density at radius 3 is 2.43 bits per heavy atom. The van der Waals surface area contributed by atoms with E-state index in [2.05, 4.69) is 11.8 Å². The average molecular weight is 316 g/mol. The molecule has 21 heavy (non-hydrogen) atoms. The Bertz CT molecular complexity index is 458. The topological polar surface area (TPSA) is 57.7 Å². The van der Waals surface area contributed by atoms with Crippen LogP contribution in [0.4, 0.5) is 0 Å². The van der Waals surface area contributed by atoms with Gasteiger partial charge in [0.15, 0.2) is 0 Å². The lowest BCUT2D eigenvalue weighted by Gasteiger charge is -2.19. The number of ketones is 1. The smallest absolute Gasteiger partial charge is 0.211 e. The number of hydrogen-bond donors (Lipinski definition) is 0. The molecular formula is C15H28N2O3S. The number of nitrogens with zero attached hydrogens (tertiary/aromatic N) is 2. The molecule has 2 rings (SSSR count). The molecule has 0 aromatic heterocycles. The van der Waals surface area contributed by atoms with Crippen LogP contribution in [0.25, 0.3) is 0 Å². The monoisotopic (exact) mass is 316 g/mol. The maximum atomic E-state index is 12.5. The molecule has 0 N–H and O–H groups in total. The van der Waals surface area contributed by atoms with Crippen molar-refractivity contribution in [3.63, 3.8) is 0 Å². The molecule has 0 spiro atoms. The minimum Gasteiger partial charge on any atom is -0.303 e. The second kappa shape index (κ2) is 7.20. The van der Waals surface area contributed by atoms with Gasteiger partial charge in [0.05, 0.1) is 6.26 Å². The van der Waals surface area contributed by atoms with Gasteiger partial charge in [0, 0.05) is 32.0 Å². The first kappa shape index (κ1) is 16.9. The summed E-state index contributed by atoms with van der Waals surface area (Å²) < 4.78 is 24.9. The third-order valence-electron chi connectivity index (χ3n) is 4.82. The van der Waals surface area contributed by atoms with Crippen LogP contribution < -0.4 is 0 Å². The van der Waals surface area contributed by atoms with E-state index in [9.17, 15) is 13.2 Å². The summed E-state index contributed by atoms with van der Waals surface area (Å²) in [7, 11) is -3.18. The Balaban J connectivity index is 1.92. The number of sulfonamides is 1. The number of rotatable bonds is 7. The molecule has 0 radical (unpaired) electrons. The number of carbonyl (C=O) groups excluding carboxylic acids is 1. The zero-order valence-corrected chi connectivity index (χ0v) is 14.1. The van der Waals surface area contributed by atoms with Crippen molar-refractivity contribution < 1.29 is 13.2 Å². The molecule has 2 saturated heterocycles. The quantitative estimate of drug-likeness (QED) is 0.711. The van der Waals surface area contributed by atoms with E-state index >= 15 is 0 Å². The molecule has 2 aliphatic rings. The zero-order valence-electron chi connectivity index (χ0n) is 13.3. The molecule has 2 aliphatic heterocycles. The van der Waals surface area contributed by atoms with Crippen LogP contribution in [0.2, 0.25) is 0 Å². The number of hydrogen-bond acceptors (Lipinski definition) is 4. The molecule has 2 heterocycles. The molecule has 0 bridgehead atoms. The first-order valence-corrected chi connectivity index (χ1v) is 9.97. The van der Waals surface area contributed by atoms with Gasteiger partial charge in [0.2, 0.25) is 10.0 Å². The summed E-state index contributed by atoms with van der Waals surface area (Å²) in [6.07, 6.45) is 6.22. The van der Waals surface area contributed by atoms with Crippen molar-refractivity contribution in [1.29, 1.82) is 0 Å². The van der Waals surface area contributed by atoms with E-state index < -0.39 is 10.0 Å². The van der Waals surface area contributed by atoms with Crippen molar-refractivity contribution in [2.24, 2.45) is 11.8 Å². The first-order valence-electron chi connectivity index (χ1n) is 8.12. The van der Waals surface area contributed by atoms with Crippen LogP contribution in [-0.2, 0) is 14.8 Å². The van der Waals surface area contributed by atoms with Crippen LogP contribution >= 0.6 is 0 Å². The average Bonchev–Trinajstić information content (AvgIpc) is 3.04. The van der Waals surface area contributed by atoms with Gasteiger partial charge >= 0.3 is 0 Å². The second-order valence-corrected chi connectivity index (χ2v) is 8.48. The lowest BCUT2D eigenvalue weighted by molar-refractivity contribution is -0.123. The third kappa shape index (κ3) is 4.50. The van der Waals surface area contributed by atoms with E-state index in [4.69, 9.17) is 0 Å². The van der Waals surface area contributed by atoms with Crippen LogP contribution in [0.1, 0.15) is 39.0 Å². The summed E-state index contributed by atoms with van der Waals surface area (Å²) in [6, 6.07) is 0. The lowest BCUT2D eigenvalue weighted by Crippen LogP contribution is -2.30. The molecule has 0 aliphatic carbocycles. The van der Waals surface area contributed by atoms with E-state index in [-0.39, 0.29) is 17.6 Å². The van der Waals surface area contributed by atoms with Crippen LogP contribution in [0.15, 0.2) is 0 Å². The van der Waals surface area contributed by atoms with Gasteiger partial charge in [-0.2, -0.15) is 0 Å². The Labute approximate surface area is 128 Å². The van der Waals surface area contributed by atoms with Crippen molar-refractivity contribution >= 4 is 15.8 Å². The van der Waals surface area contributed by atoms with Crippen LogP contribution in [0.5, 0.6) is 0 Å². The number of Topliss-reactive ketones (excluding diaryl/α,β-unsaturated/α-hetero) is 1. The zero-order chi connectivity index (χ0) is 15.5. The van der Waals surface area contributed by atoms with Crippen LogP contribution in [0, 0.1) is 11.8 Å². The molecule has 1 unspecified atom stereocenters. The van der Waals surface area contributed by atoms with E-state index in [1.54, 1.807) is 0 Å². The highest BCUT2D eigenvalue weighted by molar-refractivity contribution is 7.88. The van der Waals surface area contributed by atoms with E-state index in [1.165, 1.54) is 23.4 Å².